The van der Waals surface area contributed by atoms with E-state index in [1.165, 1.54) is 24.3 Å². The maximum absolute atomic E-state index is 13.7. The molecule has 2 aromatic carbocycles. The number of halogens is 2. The lowest BCUT2D eigenvalue weighted by Crippen LogP contribution is -2.53. The summed E-state index contributed by atoms with van der Waals surface area (Å²) < 4.78 is 13.5. The van der Waals surface area contributed by atoms with Crippen molar-refractivity contribution in [3.05, 3.63) is 64.4 Å². The highest BCUT2D eigenvalue weighted by Gasteiger charge is 2.59. The standard InChI is InChI=1S/C26H26ClFN2O4/c27-16-6-9-19-21(14-16)30(25(34)15-4-7-17(28)8-5-15)20-3-1-2-18(20)24(19)26(12-13-26)29-22(31)10-11-23(32)33/h4-9,14,18,20,24H,1-3,10-13H2,(H,29,31)(H,32,33). The van der Waals surface area contributed by atoms with Crippen LogP contribution in [0.2, 0.25) is 5.02 Å². The minimum atomic E-state index is -0.997. The predicted molar refractivity (Wildman–Crippen MR) is 126 cm³/mol. The van der Waals surface area contributed by atoms with Gasteiger partial charge in [0.1, 0.15) is 5.82 Å². The Bertz CT molecular complexity index is 1150. The van der Waals surface area contributed by atoms with E-state index in [4.69, 9.17) is 16.7 Å². The van der Waals surface area contributed by atoms with E-state index in [1.807, 2.05) is 23.1 Å². The van der Waals surface area contributed by atoms with Crippen molar-refractivity contribution in [1.29, 1.82) is 0 Å². The Morgan fingerprint density at radius 1 is 1.09 bits per heavy atom. The summed E-state index contributed by atoms with van der Waals surface area (Å²) in [5, 5.41) is 12.6. The van der Waals surface area contributed by atoms with Crippen LogP contribution < -0.4 is 10.2 Å². The molecule has 2 saturated carbocycles. The van der Waals surface area contributed by atoms with Crippen molar-refractivity contribution in [2.45, 2.75) is 62.4 Å². The Kier molecular flexibility index (Phi) is 5.84. The lowest BCUT2D eigenvalue weighted by atomic mass is 9.72. The van der Waals surface area contributed by atoms with Crippen molar-refractivity contribution in [1.82, 2.24) is 5.32 Å². The average Bonchev–Trinajstić information content (AvgIpc) is 3.41. The van der Waals surface area contributed by atoms with Gasteiger partial charge in [-0.25, -0.2) is 4.39 Å². The molecule has 0 saturated heterocycles. The lowest BCUT2D eigenvalue weighted by molar-refractivity contribution is -0.139. The lowest BCUT2D eigenvalue weighted by Gasteiger charge is -2.47. The van der Waals surface area contributed by atoms with E-state index in [0.29, 0.717) is 10.6 Å². The number of hydrogen-bond acceptors (Lipinski definition) is 3. The number of aliphatic carboxylic acids is 1. The Balaban J connectivity index is 1.53. The van der Waals surface area contributed by atoms with E-state index >= 15 is 0 Å². The summed E-state index contributed by atoms with van der Waals surface area (Å²) in [5.41, 5.74) is 1.69. The van der Waals surface area contributed by atoms with Crippen LogP contribution in [0, 0.1) is 11.7 Å². The molecule has 34 heavy (non-hydrogen) atoms. The van der Waals surface area contributed by atoms with E-state index in [0.717, 1.165) is 43.4 Å². The number of hydrogen-bond donors (Lipinski definition) is 2. The number of benzene rings is 2. The minimum absolute atomic E-state index is 0.0123. The number of fused-ring (bicyclic) bond motifs is 2. The number of nitrogens with one attached hydrogen (secondary N) is 1. The molecule has 3 unspecified atom stereocenters. The van der Waals surface area contributed by atoms with Gasteiger partial charge >= 0.3 is 5.97 Å². The van der Waals surface area contributed by atoms with Crippen LogP contribution in [0.1, 0.15) is 66.8 Å². The summed E-state index contributed by atoms with van der Waals surface area (Å²) in [6, 6.07) is 11.1. The predicted octanol–water partition coefficient (Wildman–Crippen LogP) is 4.91. The van der Waals surface area contributed by atoms with Gasteiger partial charge in [0.25, 0.3) is 5.91 Å². The largest absolute Gasteiger partial charge is 0.481 e. The van der Waals surface area contributed by atoms with Crippen LogP contribution in [-0.4, -0.2) is 34.5 Å². The van der Waals surface area contributed by atoms with E-state index < -0.39 is 17.3 Å². The molecule has 6 nitrogen and oxygen atoms in total. The molecule has 2 amide bonds. The SMILES string of the molecule is O=C(O)CCC(=O)NC1(C2c3ccc(Cl)cc3N(C(=O)c3ccc(F)cc3)C3CCCC32)CC1. The highest BCUT2D eigenvalue weighted by atomic mass is 35.5. The molecule has 2 aromatic rings. The Morgan fingerprint density at radius 3 is 2.50 bits per heavy atom. The van der Waals surface area contributed by atoms with Gasteiger partial charge in [0.2, 0.25) is 5.91 Å². The van der Waals surface area contributed by atoms with Gasteiger partial charge in [0, 0.05) is 40.2 Å². The van der Waals surface area contributed by atoms with E-state index in [-0.39, 0.29) is 42.5 Å². The third-order valence-corrected chi connectivity index (χ3v) is 7.76. The number of amides is 2. The maximum Gasteiger partial charge on any atom is 0.303 e. The zero-order valence-electron chi connectivity index (χ0n) is 18.6. The molecule has 2 aliphatic carbocycles. The molecule has 3 atom stereocenters. The fourth-order valence-electron chi connectivity index (χ4n) is 5.98. The first-order chi connectivity index (χ1) is 16.3. The first kappa shape index (κ1) is 22.8. The first-order valence-electron chi connectivity index (χ1n) is 11.7. The zero-order valence-corrected chi connectivity index (χ0v) is 19.4. The number of nitrogens with zero attached hydrogens (tertiary/aromatic N) is 1. The summed E-state index contributed by atoms with van der Waals surface area (Å²) in [4.78, 5) is 39.0. The van der Waals surface area contributed by atoms with Gasteiger partial charge in [-0.2, -0.15) is 0 Å². The highest BCUT2D eigenvalue weighted by molar-refractivity contribution is 6.31. The molecule has 178 valence electrons. The fourth-order valence-corrected chi connectivity index (χ4v) is 6.15. The van der Waals surface area contributed by atoms with Crippen LogP contribution >= 0.6 is 11.6 Å². The second kappa shape index (κ2) is 8.69. The number of carbonyl (C=O) groups is 3. The van der Waals surface area contributed by atoms with Gasteiger partial charge < -0.3 is 15.3 Å². The first-order valence-corrected chi connectivity index (χ1v) is 12.1. The highest BCUT2D eigenvalue weighted by Crippen LogP contribution is 2.60. The van der Waals surface area contributed by atoms with Crippen LogP contribution in [0.25, 0.3) is 0 Å². The Hall–Kier alpha value is -2.93. The minimum Gasteiger partial charge on any atom is -0.481 e. The molecule has 1 aliphatic heterocycles. The molecule has 5 rings (SSSR count). The smallest absolute Gasteiger partial charge is 0.303 e. The van der Waals surface area contributed by atoms with Crippen molar-refractivity contribution >= 4 is 35.1 Å². The van der Waals surface area contributed by atoms with Crippen molar-refractivity contribution in [3.63, 3.8) is 0 Å². The number of carboxylic acids is 1. The molecule has 1 heterocycles. The molecular weight excluding hydrogens is 459 g/mol. The number of carboxylic acid groups (broad SMARTS) is 1. The van der Waals surface area contributed by atoms with Crippen LogP contribution in [0.3, 0.4) is 0 Å². The molecule has 0 bridgehead atoms. The van der Waals surface area contributed by atoms with Gasteiger partial charge in [0.15, 0.2) is 0 Å². The Labute approximate surface area is 202 Å². The second-order valence-corrected chi connectivity index (χ2v) is 10.1. The topological polar surface area (TPSA) is 86.7 Å². The molecule has 2 fully saturated rings. The molecule has 0 radical (unpaired) electrons. The summed E-state index contributed by atoms with van der Waals surface area (Å²) in [5.74, 6) is -1.67. The van der Waals surface area contributed by atoms with Crippen molar-refractivity contribution in [3.8, 4) is 0 Å². The summed E-state index contributed by atoms with van der Waals surface area (Å²) in [6.07, 6.45) is 4.09. The summed E-state index contributed by atoms with van der Waals surface area (Å²) >= 11 is 6.38. The Morgan fingerprint density at radius 2 is 1.82 bits per heavy atom. The molecule has 0 spiro atoms. The van der Waals surface area contributed by atoms with Gasteiger partial charge in [0.05, 0.1) is 6.42 Å². The molecule has 2 N–H and O–H groups in total. The number of anilines is 1. The van der Waals surface area contributed by atoms with Gasteiger partial charge in [-0.3, -0.25) is 14.4 Å². The zero-order chi connectivity index (χ0) is 24.0. The van der Waals surface area contributed by atoms with Gasteiger partial charge in [-0.05, 0) is 73.6 Å². The summed E-state index contributed by atoms with van der Waals surface area (Å²) in [7, 11) is 0. The van der Waals surface area contributed by atoms with Crippen molar-refractivity contribution in [2.24, 2.45) is 5.92 Å². The fraction of sp³-hybridized carbons (Fsp3) is 0.423. The quantitative estimate of drug-likeness (QED) is 0.610. The van der Waals surface area contributed by atoms with Crippen LogP contribution in [0.4, 0.5) is 10.1 Å². The second-order valence-electron chi connectivity index (χ2n) is 9.62. The van der Waals surface area contributed by atoms with E-state index in [1.54, 1.807) is 0 Å². The average molecular weight is 485 g/mol. The van der Waals surface area contributed by atoms with Gasteiger partial charge in [-0.15, -0.1) is 0 Å². The van der Waals surface area contributed by atoms with Crippen molar-refractivity contribution < 1.29 is 23.9 Å². The molecular formula is C26H26ClFN2O4. The van der Waals surface area contributed by atoms with Crippen LogP contribution in [-0.2, 0) is 9.59 Å². The molecule has 0 aromatic heterocycles. The summed E-state index contributed by atoms with van der Waals surface area (Å²) in [6.45, 7) is 0. The monoisotopic (exact) mass is 484 g/mol. The van der Waals surface area contributed by atoms with Crippen molar-refractivity contribution in [2.75, 3.05) is 4.90 Å². The number of rotatable bonds is 6. The number of carbonyl (C=O) groups excluding carboxylic acids is 2. The third kappa shape index (κ3) is 4.06. The normalized spacial score (nSPS) is 24.2. The molecule has 8 heteroatoms. The third-order valence-electron chi connectivity index (χ3n) is 7.53. The van der Waals surface area contributed by atoms with E-state index in [9.17, 15) is 18.8 Å². The maximum atomic E-state index is 13.7. The molecule has 3 aliphatic rings. The van der Waals surface area contributed by atoms with Crippen LogP contribution in [0.15, 0.2) is 42.5 Å². The van der Waals surface area contributed by atoms with Gasteiger partial charge in [-0.1, -0.05) is 24.1 Å². The van der Waals surface area contributed by atoms with Crippen LogP contribution in [0.5, 0.6) is 0 Å². The van der Waals surface area contributed by atoms with E-state index in [2.05, 4.69) is 5.32 Å².